The first kappa shape index (κ1) is 17.0. The first-order valence-electron chi connectivity index (χ1n) is 8.52. The predicted molar refractivity (Wildman–Crippen MR) is 100 cm³/mol. The fourth-order valence-electron chi connectivity index (χ4n) is 2.92. The van der Waals surface area contributed by atoms with E-state index in [2.05, 4.69) is 4.98 Å². The summed E-state index contributed by atoms with van der Waals surface area (Å²) in [4.78, 5) is 30.2. The Morgan fingerprint density at radius 2 is 1.88 bits per heavy atom. The molecule has 0 amide bonds. The van der Waals surface area contributed by atoms with E-state index in [9.17, 15) is 14.0 Å². The number of hydrogen-bond donors (Lipinski definition) is 0. The Labute approximate surface area is 154 Å². The summed E-state index contributed by atoms with van der Waals surface area (Å²) in [5.74, 6) is -0.486. The molecule has 0 spiro atoms. The SMILES string of the molecule is C[C@@H](Sc1nc2ccccc2c(=O)n1C1CC1)C(=O)c1ccc(F)cc1. The smallest absolute Gasteiger partial charge is 0.262 e. The van der Waals surface area contributed by atoms with Gasteiger partial charge in [-0.2, -0.15) is 0 Å². The van der Waals surface area contributed by atoms with Crippen molar-refractivity contribution in [1.29, 1.82) is 0 Å². The zero-order chi connectivity index (χ0) is 18.3. The van der Waals surface area contributed by atoms with E-state index in [1.165, 1.54) is 36.0 Å². The molecule has 1 aliphatic carbocycles. The van der Waals surface area contributed by atoms with Crippen LogP contribution in [0.5, 0.6) is 0 Å². The van der Waals surface area contributed by atoms with Crippen molar-refractivity contribution in [2.75, 3.05) is 0 Å². The second kappa shape index (κ2) is 6.68. The maximum atomic E-state index is 13.1. The van der Waals surface area contributed by atoms with Crippen LogP contribution in [0.3, 0.4) is 0 Å². The van der Waals surface area contributed by atoms with E-state index in [0.717, 1.165) is 12.8 Å². The molecule has 1 aliphatic rings. The van der Waals surface area contributed by atoms with Gasteiger partial charge in [-0.05, 0) is 56.2 Å². The van der Waals surface area contributed by atoms with Crippen molar-refractivity contribution in [3.05, 3.63) is 70.3 Å². The number of thioether (sulfide) groups is 1. The van der Waals surface area contributed by atoms with Crippen LogP contribution < -0.4 is 5.56 Å². The van der Waals surface area contributed by atoms with Gasteiger partial charge in [0.1, 0.15) is 5.82 Å². The molecule has 0 bridgehead atoms. The molecular formula is C20H17FN2O2S. The number of Topliss-reactive ketones (excluding diaryl/α,β-unsaturated/α-hetero) is 1. The monoisotopic (exact) mass is 368 g/mol. The molecule has 0 radical (unpaired) electrons. The summed E-state index contributed by atoms with van der Waals surface area (Å²) in [6, 6.07) is 12.9. The molecule has 0 saturated heterocycles. The number of halogens is 1. The van der Waals surface area contributed by atoms with E-state index in [4.69, 9.17) is 0 Å². The molecule has 132 valence electrons. The number of aromatic nitrogens is 2. The van der Waals surface area contributed by atoms with Crippen molar-refractivity contribution in [1.82, 2.24) is 9.55 Å². The van der Waals surface area contributed by atoms with Gasteiger partial charge < -0.3 is 0 Å². The number of rotatable bonds is 5. The molecule has 4 rings (SSSR count). The highest BCUT2D eigenvalue weighted by Crippen LogP contribution is 2.38. The number of ketones is 1. The summed E-state index contributed by atoms with van der Waals surface area (Å²) in [6.07, 6.45) is 1.90. The fourth-order valence-corrected chi connectivity index (χ4v) is 3.98. The Hall–Kier alpha value is -2.47. The zero-order valence-electron chi connectivity index (χ0n) is 14.2. The van der Waals surface area contributed by atoms with E-state index < -0.39 is 5.25 Å². The lowest BCUT2D eigenvalue weighted by molar-refractivity contribution is 0.0993. The lowest BCUT2D eigenvalue weighted by Gasteiger charge is -2.15. The minimum absolute atomic E-state index is 0.0537. The van der Waals surface area contributed by atoms with Crippen molar-refractivity contribution in [2.24, 2.45) is 0 Å². The molecule has 26 heavy (non-hydrogen) atoms. The van der Waals surface area contributed by atoms with Crippen LogP contribution in [-0.4, -0.2) is 20.6 Å². The van der Waals surface area contributed by atoms with E-state index in [-0.39, 0.29) is 23.2 Å². The van der Waals surface area contributed by atoms with Gasteiger partial charge in [0.2, 0.25) is 0 Å². The van der Waals surface area contributed by atoms with E-state index in [0.29, 0.717) is 21.6 Å². The van der Waals surface area contributed by atoms with Gasteiger partial charge in [-0.3, -0.25) is 14.2 Å². The number of carbonyl (C=O) groups excluding carboxylic acids is 1. The van der Waals surface area contributed by atoms with Crippen LogP contribution in [0.15, 0.2) is 58.5 Å². The highest BCUT2D eigenvalue weighted by atomic mass is 32.2. The Bertz CT molecular complexity index is 1040. The van der Waals surface area contributed by atoms with Gasteiger partial charge in [-0.15, -0.1) is 0 Å². The van der Waals surface area contributed by atoms with Crippen molar-refractivity contribution < 1.29 is 9.18 Å². The highest BCUT2D eigenvalue weighted by molar-refractivity contribution is 8.00. The van der Waals surface area contributed by atoms with E-state index >= 15 is 0 Å². The Kier molecular flexibility index (Phi) is 4.36. The number of para-hydroxylation sites is 1. The third kappa shape index (κ3) is 3.17. The largest absolute Gasteiger partial charge is 0.293 e. The third-order valence-electron chi connectivity index (χ3n) is 4.47. The number of benzene rings is 2. The predicted octanol–water partition coefficient (Wildman–Crippen LogP) is 4.23. The zero-order valence-corrected chi connectivity index (χ0v) is 15.0. The van der Waals surface area contributed by atoms with Crippen LogP contribution in [0, 0.1) is 5.82 Å². The quantitative estimate of drug-likeness (QED) is 0.384. The number of nitrogens with zero attached hydrogens (tertiary/aromatic N) is 2. The average molecular weight is 368 g/mol. The summed E-state index contributed by atoms with van der Waals surface area (Å²) in [5, 5.41) is 0.735. The molecule has 1 atom stereocenters. The van der Waals surface area contributed by atoms with E-state index in [1.54, 1.807) is 17.6 Å². The Balaban J connectivity index is 1.70. The minimum atomic E-state index is -0.432. The van der Waals surface area contributed by atoms with Crippen molar-refractivity contribution in [3.63, 3.8) is 0 Å². The van der Waals surface area contributed by atoms with Gasteiger partial charge in [0.15, 0.2) is 10.9 Å². The van der Waals surface area contributed by atoms with Crippen LogP contribution in [0.4, 0.5) is 4.39 Å². The second-order valence-corrected chi connectivity index (χ2v) is 7.76. The van der Waals surface area contributed by atoms with Gasteiger partial charge in [-0.25, -0.2) is 9.37 Å². The summed E-state index contributed by atoms with van der Waals surface area (Å²) < 4.78 is 14.8. The molecule has 6 heteroatoms. The molecule has 0 N–H and O–H groups in total. The summed E-state index contributed by atoms with van der Waals surface area (Å²) in [7, 11) is 0. The summed E-state index contributed by atoms with van der Waals surface area (Å²) in [6.45, 7) is 1.79. The number of fused-ring (bicyclic) bond motifs is 1. The van der Waals surface area contributed by atoms with Gasteiger partial charge in [0.05, 0.1) is 16.2 Å². The van der Waals surface area contributed by atoms with Gasteiger partial charge in [0.25, 0.3) is 5.56 Å². The molecule has 1 aromatic heterocycles. The van der Waals surface area contributed by atoms with Crippen molar-refractivity contribution in [3.8, 4) is 0 Å². The van der Waals surface area contributed by atoms with Gasteiger partial charge in [0, 0.05) is 11.6 Å². The van der Waals surface area contributed by atoms with Crippen LogP contribution in [0.1, 0.15) is 36.2 Å². The lowest BCUT2D eigenvalue weighted by Crippen LogP contribution is -2.24. The van der Waals surface area contributed by atoms with Crippen molar-refractivity contribution in [2.45, 2.75) is 36.2 Å². The average Bonchev–Trinajstić information content (AvgIpc) is 3.47. The summed E-state index contributed by atoms with van der Waals surface area (Å²) >= 11 is 1.28. The molecule has 0 unspecified atom stereocenters. The molecule has 1 saturated carbocycles. The van der Waals surface area contributed by atoms with Crippen LogP contribution in [0.2, 0.25) is 0 Å². The minimum Gasteiger partial charge on any atom is -0.293 e. The Morgan fingerprint density at radius 1 is 1.19 bits per heavy atom. The van der Waals surface area contributed by atoms with Gasteiger partial charge in [-0.1, -0.05) is 23.9 Å². The third-order valence-corrected chi connectivity index (χ3v) is 5.53. The van der Waals surface area contributed by atoms with Crippen LogP contribution >= 0.6 is 11.8 Å². The number of carbonyl (C=O) groups is 1. The van der Waals surface area contributed by atoms with Crippen LogP contribution in [0.25, 0.3) is 10.9 Å². The molecule has 4 nitrogen and oxygen atoms in total. The summed E-state index contributed by atoms with van der Waals surface area (Å²) in [5.41, 5.74) is 1.04. The van der Waals surface area contributed by atoms with Crippen molar-refractivity contribution >= 4 is 28.4 Å². The van der Waals surface area contributed by atoms with Gasteiger partial charge >= 0.3 is 0 Å². The Morgan fingerprint density at radius 3 is 2.58 bits per heavy atom. The highest BCUT2D eigenvalue weighted by Gasteiger charge is 2.30. The molecule has 2 aromatic carbocycles. The fraction of sp³-hybridized carbons (Fsp3) is 0.250. The first-order chi connectivity index (χ1) is 12.5. The number of hydrogen-bond acceptors (Lipinski definition) is 4. The first-order valence-corrected chi connectivity index (χ1v) is 9.40. The lowest BCUT2D eigenvalue weighted by atomic mass is 10.1. The second-order valence-electron chi connectivity index (χ2n) is 6.45. The maximum Gasteiger partial charge on any atom is 0.262 e. The molecule has 1 fully saturated rings. The topological polar surface area (TPSA) is 52.0 Å². The normalized spacial score (nSPS) is 15.2. The molecule has 1 heterocycles. The maximum absolute atomic E-state index is 13.1. The van der Waals surface area contributed by atoms with E-state index in [1.807, 2.05) is 18.2 Å². The van der Waals surface area contributed by atoms with Crippen LogP contribution in [-0.2, 0) is 0 Å². The molecule has 3 aromatic rings. The molecular weight excluding hydrogens is 351 g/mol. The molecule has 0 aliphatic heterocycles. The standard InChI is InChI=1S/C20H17FN2O2S/c1-12(18(24)13-6-8-14(21)9-7-13)26-20-22-17-5-3-2-4-16(17)19(25)23(20)15-10-11-15/h2-9,12,15H,10-11H2,1H3/t12-/m1/s1.